The molecule has 0 radical (unpaired) electrons. The first-order valence-corrected chi connectivity index (χ1v) is 9.26. The normalized spacial score (nSPS) is 11.8. The molecule has 0 fully saturated rings. The maximum atomic E-state index is 11.8. The van der Waals surface area contributed by atoms with E-state index in [1.165, 1.54) is 11.9 Å². The lowest BCUT2D eigenvalue weighted by Gasteiger charge is -2.18. The number of fused-ring (bicyclic) bond motifs is 1. The molecule has 152 valence electrons. The van der Waals surface area contributed by atoms with Crippen LogP contribution in [-0.4, -0.2) is 66.7 Å². The van der Waals surface area contributed by atoms with Crippen LogP contribution < -0.4 is 15.4 Å². The van der Waals surface area contributed by atoms with Crippen LogP contribution in [0.5, 0.6) is 5.75 Å². The van der Waals surface area contributed by atoms with Gasteiger partial charge in [-0.05, 0) is 38.4 Å². The van der Waals surface area contributed by atoms with Crippen LogP contribution in [0.15, 0.2) is 30.5 Å². The third-order valence-corrected chi connectivity index (χ3v) is 4.38. The second-order valence-corrected chi connectivity index (χ2v) is 6.76. The van der Waals surface area contributed by atoms with E-state index in [1.807, 2.05) is 24.3 Å². The fourth-order valence-corrected chi connectivity index (χ4v) is 2.88. The van der Waals surface area contributed by atoms with Crippen molar-refractivity contribution in [1.82, 2.24) is 15.2 Å². The number of carboxylic acids is 1. The number of methoxy groups -OCH3 is 1. The van der Waals surface area contributed by atoms with Crippen molar-refractivity contribution in [2.45, 2.75) is 25.8 Å². The van der Waals surface area contributed by atoms with Crippen molar-refractivity contribution in [2.24, 2.45) is 0 Å². The van der Waals surface area contributed by atoms with Crippen molar-refractivity contribution >= 4 is 28.5 Å². The molecule has 1 atom stereocenters. The van der Waals surface area contributed by atoms with Crippen LogP contribution in [0.25, 0.3) is 10.9 Å². The van der Waals surface area contributed by atoms with Crippen LogP contribution in [-0.2, 0) is 9.59 Å². The molecule has 0 aliphatic carbocycles. The quantitative estimate of drug-likeness (QED) is 0.506. The molecule has 1 amide bonds. The molecular weight excluding hydrogens is 360 g/mol. The van der Waals surface area contributed by atoms with Crippen LogP contribution in [0.2, 0.25) is 0 Å². The molecule has 2 rings (SSSR count). The largest absolute Gasteiger partial charge is 0.497 e. The number of rotatable bonds is 11. The van der Waals surface area contributed by atoms with E-state index in [2.05, 4.69) is 22.5 Å². The number of aromatic nitrogens is 1. The summed E-state index contributed by atoms with van der Waals surface area (Å²) in [6.07, 6.45) is 3.55. The minimum absolute atomic E-state index is 0.135. The van der Waals surface area contributed by atoms with E-state index < -0.39 is 5.97 Å². The summed E-state index contributed by atoms with van der Waals surface area (Å²) in [4.78, 5) is 28.0. The lowest BCUT2D eigenvalue weighted by atomic mass is 10.1. The molecule has 0 saturated carbocycles. The van der Waals surface area contributed by atoms with Gasteiger partial charge in [-0.2, -0.15) is 0 Å². The van der Waals surface area contributed by atoms with E-state index >= 15 is 0 Å². The third kappa shape index (κ3) is 6.38. The van der Waals surface area contributed by atoms with Gasteiger partial charge < -0.3 is 25.4 Å². The van der Waals surface area contributed by atoms with Crippen molar-refractivity contribution in [3.05, 3.63) is 30.5 Å². The van der Waals surface area contributed by atoms with Crippen LogP contribution in [0.4, 0.5) is 5.69 Å². The van der Waals surface area contributed by atoms with Gasteiger partial charge in [-0.15, -0.1) is 0 Å². The number of carbonyl (C=O) groups excluding carboxylic acids is 1. The summed E-state index contributed by atoms with van der Waals surface area (Å²) in [6.45, 7) is 2.62. The van der Waals surface area contributed by atoms with Crippen LogP contribution in [0.1, 0.15) is 19.8 Å². The zero-order valence-electron chi connectivity index (χ0n) is 16.6. The SMILES string of the molecule is COc1cc(NC(C)CCCNCC(=O)N(C)CC(=O)O)c2ncccc2c1. The Kier molecular flexibility index (Phi) is 8.01. The number of nitrogens with one attached hydrogen (secondary N) is 2. The van der Waals surface area contributed by atoms with E-state index in [1.54, 1.807) is 13.3 Å². The zero-order valence-corrected chi connectivity index (χ0v) is 16.6. The molecule has 8 nitrogen and oxygen atoms in total. The Morgan fingerprint density at radius 2 is 2.14 bits per heavy atom. The monoisotopic (exact) mass is 388 g/mol. The van der Waals surface area contributed by atoms with E-state index in [0.29, 0.717) is 6.54 Å². The molecule has 0 saturated heterocycles. The molecule has 0 aliphatic heterocycles. The number of anilines is 1. The number of amides is 1. The summed E-state index contributed by atoms with van der Waals surface area (Å²) in [6, 6.07) is 8.02. The summed E-state index contributed by atoms with van der Waals surface area (Å²) in [7, 11) is 3.13. The molecule has 1 aromatic carbocycles. The van der Waals surface area contributed by atoms with Gasteiger partial charge in [-0.25, -0.2) is 0 Å². The van der Waals surface area contributed by atoms with E-state index in [9.17, 15) is 9.59 Å². The highest BCUT2D eigenvalue weighted by Crippen LogP contribution is 2.28. The van der Waals surface area contributed by atoms with E-state index in [0.717, 1.165) is 35.2 Å². The van der Waals surface area contributed by atoms with Crippen molar-refractivity contribution in [2.75, 3.05) is 39.1 Å². The second-order valence-electron chi connectivity index (χ2n) is 6.76. The summed E-state index contributed by atoms with van der Waals surface area (Å²) in [5.41, 5.74) is 1.83. The number of hydrogen-bond donors (Lipinski definition) is 3. The Hall–Kier alpha value is -2.87. The first kappa shape index (κ1) is 21.4. The molecular formula is C20H28N4O4. The first-order valence-electron chi connectivity index (χ1n) is 9.26. The number of likely N-dealkylation sites (N-methyl/N-ethyl adjacent to an activating group) is 1. The predicted octanol–water partition coefficient (Wildman–Crippen LogP) is 1.96. The second kappa shape index (κ2) is 10.5. The van der Waals surface area contributed by atoms with Crippen LogP contribution in [0, 0.1) is 0 Å². The summed E-state index contributed by atoms with van der Waals surface area (Å²) >= 11 is 0. The van der Waals surface area contributed by atoms with Crippen LogP contribution >= 0.6 is 0 Å². The summed E-state index contributed by atoms with van der Waals surface area (Å²) in [5.74, 6) is -0.473. The van der Waals surface area contributed by atoms with Crippen molar-refractivity contribution < 1.29 is 19.4 Å². The number of benzene rings is 1. The first-order chi connectivity index (χ1) is 13.4. The lowest BCUT2D eigenvalue weighted by Crippen LogP contribution is -2.38. The topological polar surface area (TPSA) is 104 Å². The fourth-order valence-electron chi connectivity index (χ4n) is 2.88. The standard InChI is InChI=1S/C20H28N4O4/c1-14(6-4-8-21-12-18(25)24(2)13-19(26)27)23-17-11-16(28-3)10-15-7-5-9-22-20(15)17/h5,7,9-11,14,21,23H,4,6,8,12-13H2,1-3H3,(H,26,27). The Morgan fingerprint density at radius 1 is 1.36 bits per heavy atom. The van der Waals surface area contributed by atoms with E-state index in [4.69, 9.17) is 9.84 Å². The molecule has 1 aromatic heterocycles. The van der Waals surface area contributed by atoms with E-state index in [-0.39, 0.29) is 25.0 Å². The van der Waals surface area contributed by atoms with Crippen molar-refractivity contribution in [3.8, 4) is 5.75 Å². The lowest BCUT2D eigenvalue weighted by molar-refractivity contribution is -0.143. The fraction of sp³-hybridized carbons (Fsp3) is 0.450. The molecule has 2 aromatic rings. The van der Waals surface area contributed by atoms with Gasteiger partial charge in [0.1, 0.15) is 12.3 Å². The number of aliphatic carboxylic acids is 1. The van der Waals surface area contributed by atoms with Gasteiger partial charge in [-0.1, -0.05) is 6.07 Å². The summed E-state index contributed by atoms with van der Waals surface area (Å²) < 4.78 is 5.37. The zero-order chi connectivity index (χ0) is 20.5. The molecule has 1 unspecified atom stereocenters. The Morgan fingerprint density at radius 3 is 2.86 bits per heavy atom. The maximum Gasteiger partial charge on any atom is 0.323 e. The highest BCUT2D eigenvalue weighted by Gasteiger charge is 2.12. The molecule has 28 heavy (non-hydrogen) atoms. The number of pyridine rings is 1. The number of hydrogen-bond acceptors (Lipinski definition) is 6. The van der Waals surface area contributed by atoms with Gasteiger partial charge in [0.05, 0.1) is 24.9 Å². The Labute approximate surface area is 164 Å². The minimum Gasteiger partial charge on any atom is -0.497 e. The minimum atomic E-state index is -1.02. The smallest absolute Gasteiger partial charge is 0.323 e. The van der Waals surface area contributed by atoms with Gasteiger partial charge in [0, 0.05) is 30.7 Å². The Balaban J connectivity index is 1.79. The molecule has 0 aliphatic rings. The van der Waals surface area contributed by atoms with Crippen molar-refractivity contribution in [3.63, 3.8) is 0 Å². The van der Waals surface area contributed by atoms with Crippen LogP contribution in [0.3, 0.4) is 0 Å². The van der Waals surface area contributed by atoms with Gasteiger partial charge in [-0.3, -0.25) is 14.6 Å². The van der Waals surface area contributed by atoms with Gasteiger partial charge in [0.15, 0.2) is 0 Å². The number of ether oxygens (including phenoxy) is 1. The molecule has 8 heteroatoms. The predicted molar refractivity (Wildman–Crippen MR) is 109 cm³/mol. The molecule has 1 heterocycles. The average molecular weight is 388 g/mol. The maximum absolute atomic E-state index is 11.8. The Bertz CT molecular complexity index is 812. The third-order valence-electron chi connectivity index (χ3n) is 4.38. The van der Waals surface area contributed by atoms with Gasteiger partial charge in [0.25, 0.3) is 0 Å². The molecule has 0 spiro atoms. The van der Waals surface area contributed by atoms with Gasteiger partial charge in [0.2, 0.25) is 5.91 Å². The highest BCUT2D eigenvalue weighted by atomic mass is 16.5. The highest BCUT2D eigenvalue weighted by molar-refractivity contribution is 5.91. The summed E-state index contributed by atoms with van der Waals surface area (Å²) in [5, 5.41) is 16.3. The average Bonchev–Trinajstić information content (AvgIpc) is 2.66. The van der Waals surface area contributed by atoms with Crippen molar-refractivity contribution in [1.29, 1.82) is 0 Å². The number of carboxylic acid groups (broad SMARTS) is 1. The van der Waals surface area contributed by atoms with Gasteiger partial charge >= 0.3 is 5.97 Å². The number of carbonyl (C=O) groups is 2. The molecule has 3 N–H and O–H groups in total. The number of nitrogens with zero attached hydrogens (tertiary/aromatic N) is 2. The molecule has 0 bridgehead atoms.